The predicted octanol–water partition coefficient (Wildman–Crippen LogP) is 4.03. The summed E-state index contributed by atoms with van der Waals surface area (Å²) >= 11 is 3.31. The molecular formula is C15H14BrNO. The smallest absolute Gasteiger partial charge is 0.211 e. The van der Waals surface area contributed by atoms with Crippen molar-refractivity contribution in [3.05, 3.63) is 63.9 Å². The summed E-state index contributed by atoms with van der Waals surface area (Å²) in [7, 11) is 0. The van der Waals surface area contributed by atoms with E-state index in [4.69, 9.17) is 0 Å². The van der Waals surface area contributed by atoms with E-state index in [0.717, 1.165) is 17.3 Å². The zero-order valence-electron chi connectivity index (χ0n) is 10.2. The summed E-state index contributed by atoms with van der Waals surface area (Å²) in [4.78, 5) is 16.4. The number of hydrogen-bond donors (Lipinski definition) is 0. The normalized spacial score (nSPS) is 10.3. The van der Waals surface area contributed by atoms with Crippen LogP contribution in [0.25, 0.3) is 0 Å². The fourth-order valence-electron chi connectivity index (χ4n) is 1.81. The third kappa shape index (κ3) is 3.05. The zero-order chi connectivity index (χ0) is 13.0. The Bertz CT molecular complexity index is 549. The molecule has 0 atom stereocenters. The second kappa shape index (κ2) is 5.91. The van der Waals surface area contributed by atoms with E-state index >= 15 is 0 Å². The monoisotopic (exact) mass is 303 g/mol. The van der Waals surface area contributed by atoms with Crippen LogP contribution in [-0.4, -0.2) is 10.8 Å². The molecule has 0 radical (unpaired) electrons. The average Bonchev–Trinajstić information content (AvgIpc) is 2.39. The second-order valence-corrected chi connectivity index (χ2v) is 5.06. The summed E-state index contributed by atoms with van der Waals surface area (Å²) in [5.74, 6) is -0.0274. The Hall–Kier alpha value is -1.48. The van der Waals surface area contributed by atoms with Crippen LogP contribution >= 0.6 is 15.9 Å². The number of pyridine rings is 1. The van der Waals surface area contributed by atoms with Crippen LogP contribution in [0, 0.1) is 0 Å². The van der Waals surface area contributed by atoms with Gasteiger partial charge in [-0.05, 0) is 46.1 Å². The molecule has 0 aliphatic heterocycles. The van der Waals surface area contributed by atoms with Gasteiger partial charge in [-0.15, -0.1) is 0 Å². The Morgan fingerprint density at radius 1 is 1.28 bits per heavy atom. The van der Waals surface area contributed by atoms with Crippen LogP contribution in [0.4, 0.5) is 0 Å². The molecule has 0 unspecified atom stereocenters. The molecule has 1 aromatic heterocycles. The van der Waals surface area contributed by atoms with Crippen molar-refractivity contribution in [2.24, 2.45) is 0 Å². The average molecular weight is 304 g/mol. The number of hydrogen-bond acceptors (Lipinski definition) is 2. The summed E-state index contributed by atoms with van der Waals surface area (Å²) in [5, 5.41) is 0. The Labute approximate surface area is 115 Å². The van der Waals surface area contributed by atoms with Gasteiger partial charge in [0.05, 0.1) is 0 Å². The number of carbonyl (C=O) groups excluding carboxylic acids is 1. The van der Waals surface area contributed by atoms with Gasteiger partial charge in [-0.25, -0.2) is 0 Å². The third-order valence-electron chi connectivity index (χ3n) is 2.69. The SMILES string of the molecule is CCCc1cccc(C(=O)c2ccc(Br)cn2)c1. The third-order valence-corrected chi connectivity index (χ3v) is 3.16. The van der Waals surface area contributed by atoms with E-state index < -0.39 is 0 Å². The van der Waals surface area contributed by atoms with Crippen LogP contribution in [0.2, 0.25) is 0 Å². The minimum absolute atomic E-state index is 0.0274. The summed E-state index contributed by atoms with van der Waals surface area (Å²) in [5.41, 5.74) is 2.38. The number of halogens is 1. The van der Waals surface area contributed by atoms with Gasteiger partial charge >= 0.3 is 0 Å². The Balaban J connectivity index is 2.28. The first-order valence-electron chi connectivity index (χ1n) is 5.96. The fourth-order valence-corrected chi connectivity index (χ4v) is 2.05. The Morgan fingerprint density at radius 3 is 2.78 bits per heavy atom. The second-order valence-electron chi connectivity index (χ2n) is 4.14. The number of rotatable bonds is 4. The molecule has 0 fully saturated rings. The van der Waals surface area contributed by atoms with E-state index in [1.54, 1.807) is 12.3 Å². The van der Waals surface area contributed by atoms with E-state index in [2.05, 4.69) is 33.9 Å². The minimum Gasteiger partial charge on any atom is -0.287 e. The van der Waals surface area contributed by atoms with E-state index in [9.17, 15) is 4.79 Å². The van der Waals surface area contributed by atoms with Crippen LogP contribution in [0.5, 0.6) is 0 Å². The van der Waals surface area contributed by atoms with E-state index in [0.29, 0.717) is 11.3 Å². The molecule has 0 amide bonds. The van der Waals surface area contributed by atoms with Crippen LogP contribution in [0.3, 0.4) is 0 Å². The molecule has 1 heterocycles. The standard InChI is InChI=1S/C15H14BrNO/c1-2-4-11-5-3-6-12(9-11)15(18)14-8-7-13(16)10-17-14/h3,5-10H,2,4H2,1H3. The van der Waals surface area contributed by atoms with E-state index in [1.165, 1.54) is 5.56 Å². The van der Waals surface area contributed by atoms with Crippen molar-refractivity contribution in [3.8, 4) is 0 Å². The van der Waals surface area contributed by atoms with Crippen LogP contribution < -0.4 is 0 Å². The highest BCUT2D eigenvalue weighted by Gasteiger charge is 2.10. The van der Waals surface area contributed by atoms with Gasteiger partial charge < -0.3 is 0 Å². The van der Waals surface area contributed by atoms with Gasteiger partial charge in [0.15, 0.2) is 0 Å². The maximum absolute atomic E-state index is 12.2. The summed E-state index contributed by atoms with van der Waals surface area (Å²) in [6.07, 6.45) is 3.71. The molecule has 0 saturated carbocycles. The molecule has 0 bridgehead atoms. The minimum atomic E-state index is -0.0274. The van der Waals surface area contributed by atoms with Gasteiger partial charge in [-0.1, -0.05) is 31.5 Å². The van der Waals surface area contributed by atoms with Gasteiger partial charge in [0.1, 0.15) is 5.69 Å². The molecule has 0 spiro atoms. The van der Waals surface area contributed by atoms with Gasteiger partial charge in [-0.3, -0.25) is 9.78 Å². The molecule has 18 heavy (non-hydrogen) atoms. The van der Waals surface area contributed by atoms with Crippen LogP contribution in [-0.2, 0) is 6.42 Å². The molecule has 2 rings (SSSR count). The quantitative estimate of drug-likeness (QED) is 0.798. The van der Waals surface area contributed by atoms with Crippen molar-refractivity contribution >= 4 is 21.7 Å². The fraction of sp³-hybridized carbons (Fsp3) is 0.200. The lowest BCUT2D eigenvalue weighted by Gasteiger charge is -2.03. The van der Waals surface area contributed by atoms with Gasteiger partial charge in [0, 0.05) is 16.2 Å². The molecule has 2 aromatic rings. The van der Waals surface area contributed by atoms with Gasteiger partial charge in [0.2, 0.25) is 5.78 Å². The summed E-state index contributed by atoms with van der Waals surface area (Å²) in [6, 6.07) is 11.3. The Kier molecular flexibility index (Phi) is 4.26. The number of aryl methyl sites for hydroxylation is 1. The summed E-state index contributed by atoms with van der Waals surface area (Å²) < 4.78 is 0.874. The molecular weight excluding hydrogens is 290 g/mol. The molecule has 0 N–H and O–H groups in total. The molecule has 2 nitrogen and oxygen atoms in total. The van der Waals surface area contributed by atoms with Crippen molar-refractivity contribution in [1.29, 1.82) is 0 Å². The molecule has 0 aliphatic rings. The first kappa shape index (κ1) is 13.0. The Morgan fingerprint density at radius 2 is 2.11 bits per heavy atom. The van der Waals surface area contributed by atoms with Crippen molar-refractivity contribution in [3.63, 3.8) is 0 Å². The molecule has 92 valence electrons. The molecule has 0 aliphatic carbocycles. The van der Waals surface area contributed by atoms with Gasteiger partial charge in [-0.2, -0.15) is 0 Å². The predicted molar refractivity (Wildman–Crippen MR) is 75.8 cm³/mol. The van der Waals surface area contributed by atoms with Crippen molar-refractivity contribution < 1.29 is 4.79 Å². The van der Waals surface area contributed by atoms with E-state index in [-0.39, 0.29) is 5.78 Å². The summed E-state index contributed by atoms with van der Waals surface area (Å²) in [6.45, 7) is 2.13. The van der Waals surface area contributed by atoms with Crippen molar-refractivity contribution in [1.82, 2.24) is 4.98 Å². The van der Waals surface area contributed by atoms with Crippen molar-refractivity contribution in [2.75, 3.05) is 0 Å². The molecule has 3 heteroatoms. The highest BCUT2D eigenvalue weighted by atomic mass is 79.9. The number of benzene rings is 1. The van der Waals surface area contributed by atoms with Crippen LogP contribution in [0.1, 0.15) is 35.0 Å². The largest absolute Gasteiger partial charge is 0.287 e. The highest BCUT2D eigenvalue weighted by Crippen LogP contribution is 2.13. The maximum atomic E-state index is 12.2. The number of aromatic nitrogens is 1. The molecule has 0 saturated heterocycles. The zero-order valence-corrected chi connectivity index (χ0v) is 11.8. The first-order chi connectivity index (χ1) is 8.70. The number of nitrogens with zero attached hydrogens (tertiary/aromatic N) is 1. The lowest BCUT2D eigenvalue weighted by Crippen LogP contribution is -2.04. The number of carbonyl (C=O) groups is 1. The van der Waals surface area contributed by atoms with Crippen LogP contribution in [0.15, 0.2) is 47.1 Å². The highest BCUT2D eigenvalue weighted by molar-refractivity contribution is 9.10. The van der Waals surface area contributed by atoms with Crippen molar-refractivity contribution in [2.45, 2.75) is 19.8 Å². The van der Waals surface area contributed by atoms with Gasteiger partial charge in [0.25, 0.3) is 0 Å². The first-order valence-corrected chi connectivity index (χ1v) is 6.75. The molecule has 1 aromatic carbocycles. The lowest BCUT2D eigenvalue weighted by atomic mass is 10.0. The number of ketones is 1. The van der Waals surface area contributed by atoms with E-state index in [1.807, 2.05) is 24.3 Å². The maximum Gasteiger partial charge on any atom is 0.211 e. The topological polar surface area (TPSA) is 30.0 Å². The lowest BCUT2D eigenvalue weighted by molar-refractivity contribution is 0.103.